The molecular weight excluding hydrogens is 390 g/mol. The highest BCUT2D eigenvalue weighted by atomic mass is 16.5. The number of anilines is 1. The van der Waals surface area contributed by atoms with E-state index in [1.807, 2.05) is 49.1 Å². The molecule has 4 rings (SSSR count). The average molecular weight is 424 g/mol. The second-order valence-corrected chi connectivity index (χ2v) is 8.94. The van der Waals surface area contributed by atoms with Gasteiger partial charge in [-0.05, 0) is 51.2 Å². The molecule has 6 nitrogen and oxygen atoms in total. The van der Waals surface area contributed by atoms with Gasteiger partial charge in [0.25, 0.3) is 0 Å². The fourth-order valence-electron chi connectivity index (χ4n) is 4.83. The molecule has 0 aromatic heterocycles. The zero-order valence-corrected chi connectivity index (χ0v) is 18.5. The fraction of sp³-hybridized carbons (Fsp3) is 0.520. The molecule has 1 N–H and O–H groups in total. The first-order chi connectivity index (χ1) is 15.0. The largest absolute Gasteiger partial charge is 0.372 e. The van der Waals surface area contributed by atoms with Crippen molar-refractivity contribution in [1.29, 1.82) is 0 Å². The standard InChI is InChI=1S/C25H33N3O3/c1-18-16-28(17-19(2)31-18)25(30)21-10-13-27(14-11-21)15-12-24(29)26-23-9-5-7-20-6-3-4-8-22(20)23/h3-9,18-19,21H,10-17H2,1-2H3,(H,26,29). The van der Waals surface area contributed by atoms with Crippen LogP contribution in [0, 0.1) is 5.92 Å². The summed E-state index contributed by atoms with van der Waals surface area (Å²) in [5.41, 5.74) is 0.862. The van der Waals surface area contributed by atoms with Crippen LogP contribution in [-0.2, 0) is 14.3 Å². The van der Waals surface area contributed by atoms with E-state index in [2.05, 4.69) is 22.3 Å². The van der Waals surface area contributed by atoms with Crippen LogP contribution in [0.2, 0.25) is 0 Å². The summed E-state index contributed by atoms with van der Waals surface area (Å²) < 4.78 is 5.75. The molecule has 2 saturated heterocycles. The number of rotatable bonds is 5. The summed E-state index contributed by atoms with van der Waals surface area (Å²) >= 11 is 0. The number of ether oxygens (including phenoxy) is 1. The number of carbonyl (C=O) groups excluding carboxylic acids is 2. The molecule has 0 saturated carbocycles. The summed E-state index contributed by atoms with van der Waals surface area (Å²) in [7, 11) is 0. The molecule has 2 fully saturated rings. The van der Waals surface area contributed by atoms with Crippen molar-refractivity contribution >= 4 is 28.3 Å². The number of nitrogens with zero attached hydrogens (tertiary/aromatic N) is 2. The number of hydrogen-bond donors (Lipinski definition) is 1. The van der Waals surface area contributed by atoms with Crippen molar-refractivity contribution in [2.24, 2.45) is 5.92 Å². The number of carbonyl (C=O) groups is 2. The Bertz CT molecular complexity index is 908. The van der Waals surface area contributed by atoms with Gasteiger partial charge in [-0.25, -0.2) is 0 Å². The van der Waals surface area contributed by atoms with Crippen molar-refractivity contribution in [3.63, 3.8) is 0 Å². The number of amides is 2. The zero-order valence-electron chi connectivity index (χ0n) is 18.5. The molecule has 2 aromatic rings. The van der Waals surface area contributed by atoms with E-state index in [9.17, 15) is 9.59 Å². The fourth-order valence-corrected chi connectivity index (χ4v) is 4.83. The molecule has 2 aliphatic rings. The summed E-state index contributed by atoms with van der Waals surface area (Å²) in [6.45, 7) is 7.91. The quantitative estimate of drug-likeness (QED) is 0.799. The minimum Gasteiger partial charge on any atom is -0.372 e. The summed E-state index contributed by atoms with van der Waals surface area (Å²) in [4.78, 5) is 29.7. The van der Waals surface area contributed by atoms with Crippen molar-refractivity contribution in [2.45, 2.75) is 45.3 Å². The molecule has 0 radical (unpaired) electrons. The zero-order chi connectivity index (χ0) is 21.8. The van der Waals surface area contributed by atoms with Crippen molar-refractivity contribution in [1.82, 2.24) is 9.80 Å². The normalized spacial score (nSPS) is 23.1. The number of piperidine rings is 1. The number of likely N-dealkylation sites (tertiary alicyclic amines) is 1. The minimum absolute atomic E-state index is 0.0332. The Morgan fingerprint density at radius 1 is 1.00 bits per heavy atom. The Labute approximate surface area is 184 Å². The number of nitrogens with one attached hydrogen (secondary N) is 1. The molecule has 6 heteroatoms. The molecule has 2 aliphatic heterocycles. The Hall–Kier alpha value is -2.44. The highest BCUT2D eigenvalue weighted by Gasteiger charge is 2.32. The van der Waals surface area contributed by atoms with Gasteiger partial charge in [-0.2, -0.15) is 0 Å². The first-order valence-corrected chi connectivity index (χ1v) is 11.4. The Balaban J connectivity index is 1.23. The lowest BCUT2D eigenvalue weighted by Gasteiger charge is -2.39. The first kappa shape index (κ1) is 21.8. The maximum absolute atomic E-state index is 12.9. The van der Waals surface area contributed by atoms with Gasteiger partial charge in [0.2, 0.25) is 11.8 Å². The van der Waals surface area contributed by atoms with Crippen molar-refractivity contribution in [3.8, 4) is 0 Å². The molecule has 2 atom stereocenters. The SMILES string of the molecule is CC1CN(C(=O)C2CCN(CCC(=O)Nc3cccc4ccccc34)CC2)CC(C)O1. The van der Waals surface area contributed by atoms with Gasteiger partial charge < -0.3 is 19.9 Å². The third kappa shape index (κ3) is 5.43. The van der Waals surface area contributed by atoms with Gasteiger partial charge in [-0.3, -0.25) is 9.59 Å². The van der Waals surface area contributed by atoms with E-state index in [4.69, 9.17) is 4.74 Å². The third-order valence-electron chi connectivity index (χ3n) is 6.39. The molecule has 31 heavy (non-hydrogen) atoms. The second-order valence-electron chi connectivity index (χ2n) is 8.94. The highest BCUT2D eigenvalue weighted by Crippen LogP contribution is 2.24. The van der Waals surface area contributed by atoms with Gasteiger partial charge in [-0.15, -0.1) is 0 Å². The van der Waals surface area contributed by atoms with Crippen LogP contribution in [0.15, 0.2) is 42.5 Å². The van der Waals surface area contributed by atoms with E-state index in [-0.39, 0.29) is 29.9 Å². The topological polar surface area (TPSA) is 61.9 Å². The van der Waals surface area contributed by atoms with Gasteiger partial charge in [-0.1, -0.05) is 36.4 Å². The summed E-state index contributed by atoms with van der Waals surface area (Å²) in [5.74, 6) is 0.402. The molecular formula is C25H33N3O3. The molecule has 0 aliphatic carbocycles. The van der Waals surface area contributed by atoms with Gasteiger partial charge in [0.1, 0.15) is 0 Å². The van der Waals surface area contributed by atoms with Gasteiger partial charge in [0.15, 0.2) is 0 Å². The van der Waals surface area contributed by atoms with Gasteiger partial charge in [0.05, 0.1) is 12.2 Å². The van der Waals surface area contributed by atoms with E-state index < -0.39 is 0 Å². The van der Waals surface area contributed by atoms with Crippen LogP contribution in [0.4, 0.5) is 5.69 Å². The highest BCUT2D eigenvalue weighted by molar-refractivity contribution is 6.02. The van der Waals surface area contributed by atoms with Crippen molar-refractivity contribution < 1.29 is 14.3 Å². The van der Waals surface area contributed by atoms with E-state index in [0.29, 0.717) is 19.5 Å². The van der Waals surface area contributed by atoms with E-state index in [1.54, 1.807) is 0 Å². The first-order valence-electron chi connectivity index (χ1n) is 11.4. The van der Waals surface area contributed by atoms with Gasteiger partial charge >= 0.3 is 0 Å². The molecule has 2 heterocycles. The summed E-state index contributed by atoms with van der Waals surface area (Å²) in [5, 5.41) is 5.25. The lowest BCUT2D eigenvalue weighted by molar-refractivity contribution is -0.149. The monoisotopic (exact) mass is 423 g/mol. The third-order valence-corrected chi connectivity index (χ3v) is 6.39. The van der Waals surface area contributed by atoms with E-state index in [1.165, 1.54) is 0 Å². The molecule has 0 spiro atoms. The summed E-state index contributed by atoms with van der Waals surface area (Å²) in [6, 6.07) is 14.0. The van der Waals surface area contributed by atoms with Crippen LogP contribution >= 0.6 is 0 Å². The lowest BCUT2D eigenvalue weighted by atomic mass is 9.94. The predicted molar refractivity (Wildman–Crippen MR) is 123 cm³/mol. The Morgan fingerprint density at radius 3 is 2.42 bits per heavy atom. The average Bonchev–Trinajstić information content (AvgIpc) is 2.77. The maximum atomic E-state index is 12.9. The molecule has 2 unspecified atom stereocenters. The molecule has 0 bridgehead atoms. The number of fused-ring (bicyclic) bond motifs is 1. The number of benzene rings is 2. The minimum atomic E-state index is 0.0332. The van der Waals surface area contributed by atoms with Gasteiger partial charge in [0, 0.05) is 43.0 Å². The van der Waals surface area contributed by atoms with E-state index in [0.717, 1.165) is 48.9 Å². The van der Waals surface area contributed by atoms with E-state index >= 15 is 0 Å². The number of hydrogen-bond acceptors (Lipinski definition) is 4. The van der Waals surface area contributed by atoms with Crippen LogP contribution in [0.1, 0.15) is 33.1 Å². The Morgan fingerprint density at radius 2 is 1.68 bits per heavy atom. The summed E-state index contributed by atoms with van der Waals surface area (Å²) in [6.07, 6.45) is 2.40. The smallest absolute Gasteiger partial charge is 0.225 e. The van der Waals surface area contributed by atoms with Crippen LogP contribution in [0.25, 0.3) is 10.8 Å². The predicted octanol–water partition coefficient (Wildman–Crippen LogP) is 3.52. The molecule has 2 aromatic carbocycles. The maximum Gasteiger partial charge on any atom is 0.225 e. The Kier molecular flexibility index (Phi) is 6.88. The van der Waals surface area contributed by atoms with Crippen molar-refractivity contribution in [2.75, 3.05) is 38.0 Å². The lowest BCUT2D eigenvalue weighted by Crippen LogP contribution is -2.51. The van der Waals surface area contributed by atoms with Crippen LogP contribution in [0.3, 0.4) is 0 Å². The van der Waals surface area contributed by atoms with Crippen molar-refractivity contribution in [3.05, 3.63) is 42.5 Å². The van der Waals surface area contributed by atoms with Crippen LogP contribution < -0.4 is 5.32 Å². The number of morpholine rings is 1. The second kappa shape index (κ2) is 9.79. The molecule has 2 amide bonds. The van der Waals surface area contributed by atoms with Crippen LogP contribution in [0.5, 0.6) is 0 Å². The molecule has 166 valence electrons. The van der Waals surface area contributed by atoms with Crippen LogP contribution in [-0.4, -0.2) is 66.5 Å².